The molecule has 2 aromatic carbocycles. The highest BCUT2D eigenvalue weighted by molar-refractivity contribution is 5.78. The molecule has 3 aromatic rings. The minimum atomic E-state index is 0.734. The van der Waals surface area contributed by atoms with E-state index in [0.29, 0.717) is 0 Å². The summed E-state index contributed by atoms with van der Waals surface area (Å²) in [5.41, 5.74) is 3.31. The first kappa shape index (κ1) is 15.1. The zero-order chi connectivity index (χ0) is 16.2. The maximum Gasteiger partial charge on any atom is 0.212 e. The van der Waals surface area contributed by atoms with Crippen LogP contribution in [-0.4, -0.2) is 14.2 Å². The van der Waals surface area contributed by atoms with Crippen LogP contribution in [0.4, 0.5) is 0 Å². The van der Waals surface area contributed by atoms with Gasteiger partial charge < -0.3 is 9.47 Å². The summed E-state index contributed by atoms with van der Waals surface area (Å²) in [5, 5.41) is 1.23. The molecule has 0 atom stereocenters. The summed E-state index contributed by atoms with van der Waals surface area (Å²) in [6, 6.07) is 18.5. The summed E-state index contributed by atoms with van der Waals surface area (Å²) < 4.78 is 13.0. The first-order chi connectivity index (χ1) is 11.2. The number of pyridine rings is 1. The Morgan fingerprint density at radius 2 is 1.65 bits per heavy atom. The number of hydrogen-bond donors (Lipinski definition) is 0. The molecule has 0 saturated carbocycles. The summed E-state index contributed by atoms with van der Waals surface area (Å²) in [5.74, 6) is 1.48. The second kappa shape index (κ2) is 6.53. The molecule has 0 aliphatic heterocycles. The smallest absolute Gasteiger partial charge is 0.212 e. The van der Waals surface area contributed by atoms with Gasteiger partial charge in [0.25, 0.3) is 0 Å². The SMILES string of the molecule is COc1cccc(/C=C/c2ccc3ccccc3[n+]2C)c1OC. The third-order valence-corrected chi connectivity index (χ3v) is 3.99. The highest BCUT2D eigenvalue weighted by Gasteiger charge is 2.10. The minimum absolute atomic E-state index is 0.734. The number of aromatic nitrogens is 1. The highest BCUT2D eigenvalue weighted by atomic mass is 16.5. The number of nitrogens with zero attached hydrogens (tertiary/aromatic N) is 1. The van der Waals surface area contributed by atoms with Gasteiger partial charge in [0.1, 0.15) is 7.05 Å². The molecule has 0 aliphatic rings. The van der Waals surface area contributed by atoms with E-state index >= 15 is 0 Å². The van der Waals surface area contributed by atoms with Crippen LogP contribution in [0.15, 0.2) is 54.6 Å². The maximum atomic E-state index is 5.47. The Hall–Kier alpha value is -2.81. The molecule has 23 heavy (non-hydrogen) atoms. The van der Waals surface area contributed by atoms with Crippen molar-refractivity contribution in [1.82, 2.24) is 0 Å². The summed E-state index contributed by atoms with van der Waals surface area (Å²) in [4.78, 5) is 0. The molecule has 0 saturated heterocycles. The van der Waals surface area contributed by atoms with Gasteiger partial charge in [-0.15, -0.1) is 0 Å². The molecule has 0 fully saturated rings. The van der Waals surface area contributed by atoms with Crippen molar-refractivity contribution in [2.24, 2.45) is 7.05 Å². The molecule has 1 heterocycles. The second-order valence-electron chi connectivity index (χ2n) is 5.29. The van der Waals surface area contributed by atoms with Crippen LogP contribution in [0.3, 0.4) is 0 Å². The Kier molecular flexibility index (Phi) is 4.29. The van der Waals surface area contributed by atoms with Crippen LogP contribution < -0.4 is 14.0 Å². The predicted octanol–water partition coefficient (Wildman–Crippen LogP) is 3.85. The average Bonchev–Trinajstić information content (AvgIpc) is 2.61. The fourth-order valence-corrected chi connectivity index (χ4v) is 2.75. The van der Waals surface area contributed by atoms with Crippen molar-refractivity contribution in [3.63, 3.8) is 0 Å². The first-order valence-corrected chi connectivity index (χ1v) is 7.51. The third kappa shape index (κ3) is 2.90. The molecule has 0 radical (unpaired) electrons. The van der Waals surface area contributed by atoms with Crippen LogP contribution in [0.25, 0.3) is 23.1 Å². The van der Waals surface area contributed by atoms with Crippen molar-refractivity contribution in [3.05, 3.63) is 65.9 Å². The normalized spacial score (nSPS) is 11.1. The number of fused-ring (bicyclic) bond motifs is 1. The number of hydrogen-bond acceptors (Lipinski definition) is 2. The van der Waals surface area contributed by atoms with Gasteiger partial charge in [0.05, 0.1) is 14.2 Å². The van der Waals surface area contributed by atoms with E-state index in [1.54, 1.807) is 14.2 Å². The Balaban J connectivity index is 2.02. The number of benzene rings is 2. The molecule has 1 aromatic heterocycles. The number of aryl methyl sites for hydroxylation is 1. The van der Waals surface area contributed by atoms with Crippen molar-refractivity contribution in [1.29, 1.82) is 0 Å². The van der Waals surface area contributed by atoms with Gasteiger partial charge in [0.2, 0.25) is 11.2 Å². The van der Waals surface area contributed by atoms with Crippen LogP contribution in [0, 0.1) is 0 Å². The second-order valence-corrected chi connectivity index (χ2v) is 5.29. The summed E-state index contributed by atoms with van der Waals surface area (Å²) in [6.07, 6.45) is 4.13. The Morgan fingerprint density at radius 3 is 2.43 bits per heavy atom. The van der Waals surface area contributed by atoms with E-state index < -0.39 is 0 Å². The Bertz CT molecular complexity index is 869. The van der Waals surface area contributed by atoms with Crippen molar-refractivity contribution in [2.45, 2.75) is 0 Å². The first-order valence-electron chi connectivity index (χ1n) is 7.51. The number of ether oxygens (including phenoxy) is 2. The van der Waals surface area contributed by atoms with Gasteiger partial charge in [0.15, 0.2) is 11.5 Å². The topological polar surface area (TPSA) is 22.3 Å². The quantitative estimate of drug-likeness (QED) is 0.683. The lowest BCUT2D eigenvalue weighted by Crippen LogP contribution is -2.32. The lowest BCUT2D eigenvalue weighted by atomic mass is 10.1. The zero-order valence-corrected chi connectivity index (χ0v) is 13.6. The Morgan fingerprint density at radius 1 is 0.826 bits per heavy atom. The predicted molar refractivity (Wildman–Crippen MR) is 93.6 cm³/mol. The minimum Gasteiger partial charge on any atom is -0.493 e. The fraction of sp³-hybridized carbons (Fsp3) is 0.150. The van der Waals surface area contributed by atoms with Crippen molar-refractivity contribution in [3.8, 4) is 11.5 Å². The van der Waals surface area contributed by atoms with Crippen LogP contribution in [0.2, 0.25) is 0 Å². The molecule has 3 heteroatoms. The van der Waals surface area contributed by atoms with Gasteiger partial charge in [-0.1, -0.05) is 24.3 Å². The van der Waals surface area contributed by atoms with Gasteiger partial charge in [-0.3, -0.25) is 0 Å². The molecule has 0 N–H and O–H groups in total. The van der Waals surface area contributed by atoms with Crippen molar-refractivity contribution >= 4 is 23.1 Å². The van der Waals surface area contributed by atoms with E-state index in [2.05, 4.69) is 54.1 Å². The van der Waals surface area contributed by atoms with Gasteiger partial charge in [0, 0.05) is 29.2 Å². The van der Waals surface area contributed by atoms with Crippen LogP contribution >= 0.6 is 0 Å². The summed E-state index contributed by atoms with van der Waals surface area (Å²) >= 11 is 0. The van der Waals surface area contributed by atoms with Gasteiger partial charge >= 0.3 is 0 Å². The number of methoxy groups -OCH3 is 2. The van der Waals surface area contributed by atoms with Gasteiger partial charge in [-0.25, -0.2) is 0 Å². The highest BCUT2D eigenvalue weighted by Crippen LogP contribution is 2.31. The molecular formula is C20H20NO2+. The van der Waals surface area contributed by atoms with Gasteiger partial charge in [-0.2, -0.15) is 4.57 Å². The molecule has 0 aliphatic carbocycles. The van der Waals surface area contributed by atoms with E-state index in [0.717, 1.165) is 22.8 Å². The summed E-state index contributed by atoms with van der Waals surface area (Å²) in [6.45, 7) is 0. The van der Waals surface area contributed by atoms with E-state index in [1.165, 1.54) is 10.9 Å². The van der Waals surface area contributed by atoms with Crippen molar-refractivity contribution in [2.75, 3.05) is 14.2 Å². The monoisotopic (exact) mass is 306 g/mol. The lowest BCUT2D eigenvalue weighted by Gasteiger charge is -2.09. The third-order valence-electron chi connectivity index (χ3n) is 3.99. The summed E-state index contributed by atoms with van der Waals surface area (Å²) in [7, 11) is 5.38. The van der Waals surface area contributed by atoms with Crippen LogP contribution in [0.1, 0.15) is 11.3 Å². The van der Waals surface area contributed by atoms with E-state index in [9.17, 15) is 0 Å². The zero-order valence-electron chi connectivity index (χ0n) is 13.6. The molecule has 0 bridgehead atoms. The molecule has 116 valence electrons. The maximum absolute atomic E-state index is 5.47. The van der Waals surface area contributed by atoms with E-state index in [-0.39, 0.29) is 0 Å². The average molecular weight is 306 g/mol. The largest absolute Gasteiger partial charge is 0.493 e. The van der Waals surface area contributed by atoms with Crippen molar-refractivity contribution < 1.29 is 14.0 Å². The molecule has 0 unspecified atom stereocenters. The molecule has 3 nitrogen and oxygen atoms in total. The van der Waals surface area contributed by atoms with E-state index in [1.807, 2.05) is 24.3 Å². The van der Waals surface area contributed by atoms with E-state index in [4.69, 9.17) is 9.47 Å². The standard InChI is InChI=1S/C20H20NO2/c1-21-17(13-11-15-7-4-5-9-18(15)21)14-12-16-8-6-10-19(22-2)20(16)23-3/h4-14H,1-3H3/q+1/b14-12+. The molecule has 0 spiro atoms. The molecule has 3 rings (SSSR count). The fourth-order valence-electron chi connectivity index (χ4n) is 2.75. The lowest BCUT2D eigenvalue weighted by molar-refractivity contribution is -0.646. The van der Waals surface area contributed by atoms with Crippen LogP contribution in [-0.2, 0) is 7.05 Å². The molecular weight excluding hydrogens is 286 g/mol. The number of rotatable bonds is 4. The molecule has 0 amide bonds. The number of para-hydroxylation sites is 2. The Labute approximate surface area is 136 Å². The van der Waals surface area contributed by atoms with Gasteiger partial charge in [-0.05, 0) is 24.3 Å². The van der Waals surface area contributed by atoms with Crippen LogP contribution in [0.5, 0.6) is 11.5 Å².